The predicted molar refractivity (Wildman–Crippen MR) is 42.0 cm³/mol. The Labute approximate surface area is 58.7 Å². The van der Waals surface area contributed by atoms with Gasteiger partial charge in [-0.15, -0.1) is 0 Å². The van der Waals surface area contributed by atoms with Crippen molar-refractivity contribution in [2.75, 3.05) is 0 Å². The highest BCUT2D eigenvalue weighted by atomic mass is 79.9. The molecule has 1 heteroatoms. The summed E-state index contributed by atoms with van der Waals surface area (Å²) in [6.07, 6.45) is 3.64. The zero-order chi connectivity index (χ0) is 6.57. The van der Waals surface area contributed by atoms with Crippen LogP contribution in [0.5, 0.6) is 0 Å². The maximum Gasteiger partial charge on any atom is 0.0132 e. The maximum absolute atomic E-state index is 3.67. The normalized spacial score (nSPS) is 11.0. The summed E-state index contributed by atoms with van der Waals surface area (Å²) >= 11 is 3.23. The number of rotatable bonds is 2. The van der Waals surface area contributed by atoms with E-state index in [4.69, 9.17) is 0 Å². The molecule has 0 rings (SSSR count). The topological polar surface area (TPSA) is 0 Å². The number of hydrogen-bond acceptors (Lipinski definition) is 0. The van der Waals surface area contributed by atoms with Crippen LogP contribution < -0.4 is 0 Å². The Balaban J connectivity index is 3.99. The first-order valence-electron chi connectivity index (χ1n) is 2.32. The van der Waals surface area contributed by atoms with E-state index in [1.54, 1.807) is 6.08 Å². The van der Waals surface area contributed by atoms with E-state index in [1.807, 2.05) is 13.0 Å². The molecule has 0 bridgehead atoms. The molecule has 44 valence electrons. The Kier molecular flexibility index (Phi) is 3.53. The van der Waals surface area contributed by atoms with Crippen LogP contribution in [0.1, 0.15) is 6.92 Å². The summed E-state index contributed by atoms with van der Waals surface area (Å²) in [5.41, 5.74) is 1.11. The molecule has 0 aromatic heterocycles. The maximum atomic E-state index is 3.67. The number of halogens is 1. The molecule has 0 heterocycles. The van der Waals surface area contributed by atoms with Crippen LogP contribution >= 0.6 is 15.9 Å². The van der Waals surface area contributed by atoms with Gasteiger partial charge in [0.15, 0.2) is 0 Å². The summed E-state index contributed by atoms with van der Waals surface area (Å²) in [4.78, 5) is 0. The predicted octanol–water partition coefficient (Wildman–Crippen LogP) is 3.03. The summed E-state index contributed by atoms with van der Waals surface area (Å²) in [6.45, 7) is 9.19. The lowest BCUT2D eigenvalue weighted by Gasteiger charge is -1.90. The van der Waals surface area contributed by atoms with Gasteiger partial charge in [-0.05, 0) is 12.5 Å². The fourth-order valence-corrected chi connectivity index (χ4v) is 0.399. The van der Waals surface area contributed by atoms with Crippen molar-refractivity contribution in [3.8, 4) is 0 Å². The van der Waals surface area contributed by atoms with Crippen LogP contribution in [0.3, 0.4) is 0 Å². The fourth-order valence-electron chi connectivity index (χ4n) is 0.267. The first-order chi connectivity index (χ1) is 3.68. The zero-order valence-electron chi connectivity index (χ0n) is 4.95. The van der Waals surface area contributed by atoms with E-state index in [2.05, 4.69) is 29.1 Å². The van der Waals surface area contributed by atoms with E-state index in [0.717, 1.165) is 10.1 Å². The average Bonchev–Trinajstić information content (AvgIpc) is 1.67. The van der Waals surface area contributed by atoms with Crippen molar-refractivity contribution >= 4 is 15.9 Å². The van der Waals surface area contributed by atoms with E-state index >= 15 is 0 Å². The van der Waals surface area contributed by atoms with Gasteiger partial charge in [-0.25, -0.2) is 0 Å². The second-order valence-corrected chi connectivity index (χ2v) is 2.45. The molecule has 0 saturated heterocycles. The van der Waals surface area contributed by atoms with Gasteiger partial charge in [-0.2, -0.15) is 0 Å². The monoisotopic (exact) mass is 172 g/mol. The van der Waals surface area contributed by atoms with Gasteiger partial charge in [0.2, 0.25) is 0 Å². The summed E-state index contributed by atoms with van der Waals surface area (Å²) in [7, 11) is 0. The van der Waals surface area contributed by atoms with Crippen LogP contribution in [0.4, 0.5) is 0 Å². The molecule has 0 aliphatic carbocycles. The van der Waals surface area contributed by atoms with E-state index < -0.39 is 0 Å². The lowest BCUT2D eigenvalue weighted by atomic mass is 10.3. The quantitative estimate of drug-likeness (QED) is 0.563. The van der Waals surface area contributed by atoms with Crippen LogP contribution in [0.2, 0.25) is 0 Å². The first kappa shape index (κ1) is 7.70. The second-order valence-electron chi connectivity index (χ2n) is 1.49. The summed E-state index contributed by atoms with van der Waals surface area (Å²) in [5.74, 6) is 0. The molecule has 0 saturated carbocycles. The molecule has 0 radical (unpaired) electrons. The molecule has 0 spiro atoms. The summed E-state index contributed by atoms with van der Waals surface area (Å²) in [6, 6.07) is 0. The first-order valence-corrected chi connectivity index (χ1v) is 3.12. The molecule has 0 aromatic rings. The van der Waals surface area contributed by atoms with Crippen LogP contribution in [-0.4, -0.2) is 0 Å². The second kappa shape index (κ2) is 3.67. The smallest absolute Gasteiger partial charge is 0.0132 e. The largest absolute Gasteiger partial charge is 0.0991 e. The third-order valence-electron chi connectivity index (χ3n) is 0.796. The minimum absolute atomic E-state index is 0.914. The van der Waals surface area contributed by atoms with Gasteiger partial charge < -0.3 is 0 Å². The molecule has 0 nitrogen and oxygen atoms in total. The van der Waals surface area contributed by atoms with E-state index in [-0.39, 0.29) is 0 Å². The van der Waals surface area contributed by atoms with E-state index in [0.29, 0.717) is 0 Å². The number of hydrogen-bond donors (Lipinski definition) is 0. The lowest BCUT2D eigenvalue weighted by Crippen LogP contribution is -1.67. The molecule has 0 unspecified atom stereocenters. The Morgan fingerprint density at radius 2 is 2.12 bits per heavy atom. The van der Waals surface area contributed by atoms with Gasteiger partial charge in [0.05, 0.1) is 0 Å². The molecular weight excluding hydrogens is 164 g/mol. The highest BCUT2D eigenvalue weighted by molar-refractivity contribution is 9.11. The van der Waals surface area contributed by atoms with Gasteiger partial charge in [0.1, 0.15) is 0 Å². The lowest BCUT2D eigenvalue weighted by molar-refractivity contribution is 1.52. The minimum atomic E-state index is 0.914. The van der Waals surface area contributed by atoms with Crippen LogP contribution in [0.25, 0.3) is 0 Å². The Hall–Kier alpha value is -0.300. The van der Waals surface area contributed by atoms with Gasteiger partial charge >= 0.3 is 0 Å². The fraction of sp³-hybridized carbons (Fsp3) is 0.143. The standard InChI is InChI=1S/C7H9Br/c1-4-5-6(2)7(3)8/h4-5H,1,3H2,2H3/b6-5-. The van der Waals surface area contributed by atoms with E-state index in [9.17, 15) is 0 Å². The van der Waals surface area contributed by atoms with Gasteiger partial charge in [0, 0.05) is 4.48 Å². The van der Waals surface area contributed by atoms with Gasteiger partial charge in [-0.1, -0.05) is 41.2 Å². The molecule has 0 aliphatic heterocycles. The number of allylic oxidation sites excluding steroid dienone is 4. The molecule has 0 atom stereocenters. The SMILES string of the molecule is C=C/C=C(/C)C(=C)Br. The summed E-state index contributed by atoms with van der Waals surface area (Å²) in [5, 5.41) is 0. The van der Waals surface area contributed by atoms with Crippen molar-refractivity contribution in [3.05, 3.63) is 35.4 Å². The van der Waals surface area contributed by atoms with Gasteiger partial charge in [0.25, 0.3) is 0 Å². The molecule has 0 aliphatic rings. The van der Waals surface area contributed by atoms with Crippen molar-refractivity contribution in [1.82, 2.24) is 0 Å². The Morgan fingerprint density at radius 3 is 2.25 bits per heavy atom. The van der Waals surface area contributed by atoms with Crippen LogP contribution in [-0.2, 0) is 0 Å². The average molecular weight is 173 g/mol. The van der Waals surface area contributed by atoms with Crippen molar-refractivity contribution in [2.24, 2.45) is 0 Å². The molecule has 0 N–H and O–H groups in total. The van der Waals surface area contributed by atoms with Gasteiger partial charge in [-0.3, -0.25) is 0 Å². The Morgan fingerprint density at radius 1 is 1.62 bits per heavy atom. The molecule has 0 aromatic carbocycles. The highest BCUT2D eigenvalue weighted by Crippen LogP contribution is 2.12. The molecule has 0 fully saturated rings. The summed E-state index contributed by atoms with van der Waals surface area (Å²) < 4.78 is 0.914. The molecular formula is C7H9Br. The highest BCUT2D eigenvalue weighted by Gasteiger charge is 1.84. The molecule has 0 amide bonds. The minimum Gasteiger partial charge on any atom is -0.0991 e. The van der Waals surface area contributed by atoms with Crippen molar-refractivity contribution in [1.29, 1.82) is 0 Å². The van der Waals surface area contributed by atoms with Crippen molar-refractivity contribution < 1.29 is 0 Å². The van der Waals surface area contributed by atoms with Crippen molar-refractivity contribution in [2.45, 2.75) is 6.92 Å². The van der Waals surface area contributed by atoms with E-state index in [1.165, 1.54) is 0 Å². The van der Waals surface area contributed by atoms with Crippen molar-refractivity contribution in [3.63, 3.8) is 0 Å². The Bertz CT molecular complexity index is 131. The van der Waals surface area contributed by atoms with Crippen LogP contribution in [0, 0.1) is 0 Å². The zero-order valence-corrected chi connectivity index (χ0v) is 6.53. The third kappa shape index (κ3) is 2.80. The van der Waals surface area contributed by atoms with Crippen LogP contribution in [0.15, 0.2) is 35.4 Å². The third-order valence-corrected chi connectivity index (χ3v) is 1.42. The molecule has 8 heavy (non-hydrogen) atoms.